The van der Waals surface area contributed by atoms with Crippen LogP contribution in [0.15, 0.2) is 73.5 Å². The van der Waals surface area contributed by atoms with Crippen LogP contribution in [0.3, 0.4) is 0 Å². The van der Waals surface area contributed by atoms with E-state index in [2.05, 4.69) is 10.3 Å². The molecule has 0 unspecified atom stereocenters. The Hall–Kier alpha value is -3.56. The highest BCUT2D eigenvalue weighted by Gasteiger charge is 2.24. The Morgan fingerprint density at radius 2 is 1.85 bits per heavy atom. The minimum Gasteiger partial charge on any atom is -0.451 e. The van der Waals surface area contributed by atoms with E-state index in [1.807, 2.05) is 66.9 Å². The third kappa shape index (κ3) is 3.97. The van der Waals surface area contributed by atoms with Crippen LogP contribution in [0, 0.1) is 13.8 Å². The number of carbonyl (C=O) groups is 1. The molecule has 3 aromatic heterocycles. The number of thioether (sulfide) groups is 1. The first-order valence-electron chi connectivity index (χ1n) is 10.6. The SMILES string of the molecule is Cc1csc(SCc2c(C(=O)Nc3c(C)n(C)n(-c4ccccc4)c3=O)oc3ccccc23)n1. The van der Waals surface area contributed by atoms with Crippen molar-refractivity contribution in [1.82, 2.24) is 14.3 Å². The molecule has 0 atom stereocenters. The number of aromatic nitrogens is 3. The molecule has 1 amide bonds. The lowest BCUT2D eigenvalue weighted by atomic mass is 10.1. The molecule has 0 aliphatic carbocycles. The summed E-state index contributed by atoms with van der Waals surface area (Å²) in [4.78, 5) is 31.1. The summed E-state index contributed by atoms with van der Waals surface area (Å²) >= 11 is 3.13. The number of aryl methyl sites for hydroxylation is 1. The lowest BCUT2D eigenvalue weighted by Gasteiger charge is -2.07. The molecular formula is C25H22N4O3S2. The number of rotatable bonds is 6. The number of nitrogens with one attached hydrogen (secondary N) is 1. The Balaban J connectivity index is 1.50. The number of hydrogen-bond donors (Lipinski definition) is 1. The summed E-state index contributed by atoms with van der Waals surface area (Å²) < 4.78 is 10.2. The molecule has 172 valence electrons. The maximum Gasteiger partial charge on any atom is 0.295 e. The van der Waals surface area contributed by atoms with Gasteiger partial charge >= 0.3 is 0 Å². The first kappa shape index (κ1) is 22.2. The number of anilines is 1. The van der Waals surface area contributed by atoms with Crippen molar-refractivity contribution in [2.24, 2.45) is 7.05 Å². The molecule has 1 N–H and O–H groups in total. The quantitative estimate of drug-likeness (QED) is 0.316. The van der Waals surface area contributed by atoms with Crippen LogP contribution in [0.2, 0.25) is 0 Å². The van der Waals surface area contributed by atoms with Gasteiger partial charge in [0.05, 0.1) is 11.4 Å². The van der Waals surface area contributed by atoms with Crippen LogP contribution >= 0.6 is 23.1 Å². The predicted molar refractivity (Wildman–Crippen MR) is 136 cm³/mol. The molecule has 0 spiro atoms. The lowest BCUT2D eigenvalue weighted by molar-refractivity contribution is 0.0997. The maximum absolute atomic E-state index is 13.4. The second-order valence-electron chi connectivity index (χ2n) is 7.84. The van der Waals surface area contributed by atoms with Crippen LogP contribution in [0.4, 0.5) is 5.69 Å². The maximum atomic E-state index is 13.4. The summed E-state index contributed by atoms with van der Waals surface area (Å²) in [5, 5.41) is 5.69. The molecule has 5 rings (SSSR count). The Labute approximate surface area is 204 Å². The number of amides is 1. The molecule has 5 aromatic rings. The van der Waals surface area contributed by atoms with Gasteiger partial charge in [-0.15, -0.1) is 11.3 Å². The summed E-state index contributed by atoms with van der Waals surface area (Å²) in [6.07, 6.45) is 0. The lowest BCUT2D eigenvalue weighted by Crippen LogP contribution is -2.23. The van der Waals surface area contributed by atoms with Crippen molar-refractivity contribution in [1.29, 1.82) is 0 Å². The van der Waals surface area contributed by atoms with E-state index in [1.54, 1.807) is 41.8 Å². The van der Waals surface area contributed by atoms with Crippen LogP contribution < -0.4 is 10.9 Å². The van der Waals surface area contributed by atoms with Crippen molar-refractivity contribution >= 4 is 45.7 Å². The minimum atomic E-state index is -0.451. The van der Waals surface area contributed by atoms with Gasteiger partial charge in [-0.1, -0.05) is 48.2 Å². The monoisotopic (exact) mass is 490 g/mol. The standard InChI is InChI=1S/C25H22N4O3S2/c1-15-13-33-25(26-15)34-14-19-18-11-7-8-12-20(18)32-22(19)23(30)27-21-16(2)28(3)29(24(21)31)17-9-5-4-6-10-17/h4-13H,14H2,1-3H3,(H,27,30). The van der Waals surface area contributed by atoms with Gasteiger partial charge in [0.25, 0.3) is 11.5 Å². The van der Waals surface area contributed by atoms with Crippen LogP contribution in [0.1, 0.15) is 27.5 Å². The van der Waals surface area contributed by atoms with E-state index in [4.69, 9.17) is 4.42 Å². The van der Waals surface area contributed by atoms with Gasteiger partial charge in [-0.25, -0.2) is 9.67 Å². The fourth-order valence-electron chi connectivity index (χ4n) is 3.84. The zero-order chi connectivity index (χ0) is 23.8. The van der Waals surface area contributed by atoms with Gasteiger partial charge < -0.3 is 9.73 Å². The molecule has 2 aromatic carbocycles. The van der Waals surface area contributed by atoms with Gasteiger partial charge in [0, 0.05) is 34.8 Å². The zero-order valence-electron chi connectivity index (χ0n) is 18.9. The van der Waals surface area contributed by atoms with E-state index in [-0.39, 0.29) is 17.0 Å². The van der Waals surface area contributed by atoms with Crippen molar-refractivity contribution in [2.75, 3.05) is 5.32 Å². The summed E-state index contributed by atoms with van der Waals surface area (Å²) in [5.41, 5.74) is 3.67. The summed E-state index contributed by atoms with van der Waals surface area (Å²) in [6, 6.07) is 16.9. The van der Waals surface area contributed by atoms with Crippen molar-refractivity contribution in [3.05, 3.63) is 93.0 Å². The average Bonchev–Trinajstić information content (AvgIpc) is 3.49. The Bertz CT molecular complexity index is 1560. The number of carbonyl (C=O) groups excluding carboxylic acids is 1. The molecule has 7 nitrogen and oxygen atoms in total. The zero-order valence-corrected chi connectivity index (χ0v) is 20.5. The third-order valence-corrected chi connectivity index (χ3v) is 7.80. The smallest absolute Gasteiger partial charge is 0.295 e. The molecule has 0 aliphatic heterocycles. The van der Waals surface area contributed by atoms with Crippen LogP contribution in [-0.4, -0.2) is 20.3 Å². The van der Waals surface area contributed by atoms with Gasteiger partial charge in [-0.05, 0) is 32.0 Å². The first-order valence-corrected chi connectivity index (χ1v) is 12.5. The van der Waals surface area contributed by atoms with Crippen LogP contribution in [0.25, 0.3) is 16.7 Å². The number of para-hydroxylation sites is 2. The topological polar surface area (TPSA) is 82.1 Å². The molecule has 9 heteroatoms. The Morgan fingerprint density at radius 3 is 2.59 bits per heavy atom. The van der Waals surface area contributed by atoms with Gasteiger partial charge in [-0.2, -0.15) is 0 Å². The van der Waals surface area contributed by atoms with Crippen molar-refractivity contribution in [3.8, 4) is 5.69 Å². The van der Waals surface area contributed by atoms with E-state index < -0.39 is 5.91 Å². The highest BCUT2D eigenvalue weighted by atomic mass is 32.2. The Morgan fingerprint density at radius 1 is 1.12 bits per heavy atom. The number of nitrogens with zero attached hydrogens (tertiary/aromatic N) is 3. The summed E-state index contributed by atoms with van der Waals surface area (Å²) in [5.74, 6) is 0.276. The average molecular weight is 491 g/mol. The van der Waals surface area contributed by atoms with E-state index in [0.29, 0.717) is 17.0 Å². The predicted octanol–water partition coefficient (Wildman–Crippen LogP) is 5.54. The highest BCUT2D eigenvalue weighted by Crippen LogP contribution is 2.33. The molecular weight excluding hydrogens is 468 g/mol. The molecule has 0 saturated heterocycles. The Kier molecular flexibility index (Phi) is 5.89. The molecule has 0 bridgehead atoms. The second-order valence-corrected chi connectivity index (χ2v) is 9.92. The van der Waals surface area contributed by atoms with Crippen molar-refractivity contribution in [3.63, 3.8) is 0 Å². The van der Waals surface area contributed by atoms with Crippen LogP contribution in [-0.2, 0) is 12.8 Å². The largest absolute Gasteiger partial charge is 0.451 e. The summed E-state index contributed by atoms with van der Waals surface area (Å²) in [7, 11) is 1.79. The van der Waals surface area contributed by atoms with E-state index in [1.165, 1.54) is 4.68 Å². The van der Waals surface area contributed by atoms with Gasteiger partial charge in [0.1, 0.15) is 15.6 Å². The van der Waals surface area contributed by atoms with Gasteiger partial charge in [0.15, 0.2) is 5.76 Å². The van der Waals surface area contributed by atoms with Crippen molar-refractivity contribution < 1.29 is 9.21 Å². The highest BCUT2D eigenvalue weighted by molar-refractivity contribution is 8.00. The molecule has 34 heavy (non-hydrogen) atoms. The molecule has 0 fully saturated rings. The second kappa shape index (κ2) is 9.00. The number of fused-ring (bicyclic) bond motifs is 1. The summed E-state index contributed by atoms with van der Waals surface area (Å²) in [6.45, 7) is 3.76. The first-order chi connectivity index (χ1) is 16.4. The molecule has 0 radical (unpaired) electrons. The number of benzene rings is 2. The number of hydrogen-bond acceptors (Lipinski definition) is 6. The number of thiazole rings is 1. The van der Waals surface area contributed by atoms with E-state index in [9.17, 15) is 9.59 Å². The van der Waals surface area contributed by atoms with Crippen molar-refractivity contribution in [2.45, 2.75) is 23.9 Å². The molecule has 0 saturated carbocycles. The minimum absolute atomic E-state index is 0.205. The van der Waals surface area contributed by atoms with E-state index in [0.717, 1.165) is 26.7 Å². The fraction of sp³-hybridized carbons (Fsp3) is 0.160. The van der Waals surface area contributed by atoms with Gasteiger partial charge in [0.2, 0.25) is 0 Å². The third-order valence-electron chi connectivity index (χ3n) is 5.64. The van der Waals surface area contributed by atoms with E-state index >= 15 is 0 Å². The van der Waals surface area contributed by atoms with Crippen LogP contribution in [0.5, 0.6) is 0 Å². The normalized spacial score (nSPS) is 11.3. The molecule has 3 heterocycles. The fourth-order valence-corrected chi connectivity index (χ4v) is 5.72. The van der Waals surface area contributed by atoms with Gasteiger partial charge in [-0.3, -0.25) is 14.3 Å². The number of furan rings is 1. The molecule has 0 aliphatic rings.